The normalized spacial score (nSPS) is 23.4. The average Bonchev–Trinajstić information content (AvgIpc) is 2.81. The van der Waals surface area contributed by atoms with E-state index in [9.17, 15) is 18.3 Å². The summed E-state index contributed by atoms with van der Waals surface area (Å²) in [5.41, 5.74) is -1.20. The van der Waals surface area contributed by atoms with Gasteiger partial charge in [-0.25, -0.2) is 0 Å². The summed E-state index contributed by atoms with van der Waals surface area (Å²) in [5, 5.41) is 11.1. The van der Waals surface area contributed by atoms with Crippen molar-refractivity contribution in [2.75, 3.05) is 20.7 Å². The van der Waals surface area contributed by atoms with E-state index in [1.807, 2.05) is 6.07 Å². The van der Waals surface area contributed by atoms with Gasteiger partial charge in [0.1, 0.15) is 6.04 Å². The van der Waals surface area contributed by atoms with Crippen molar-refractivity contribution in [2.45, 2.75) is 55.9 Å². The molecule has 1 fully saturated rings. The van der Waals surface area contributed by atoms with Gasteiger partial charge in [-0.2, -0.15) is 13.2 Å². The van der Waals surface area contributed by atoms with E-state index in [1.165, 1.54) is 0 Å². The molecule has 0 aliphatic carbocycles. The van der Waals surface area contributed by atoms with E-state index in [2.05, 4.69) is 17.6 Å². The monoisotopic (exact) mass is 496 g/mol. The number of aliphatic hydroxyl groups is 1. The smallest absolute Gasteiger partial charge is 0.391 e. The predicted octanol–water partition coefficient (Wildman–Crippen LogP) is 4.50. The second kappa shape index (κ2) is 11.6. The maximum atomic E-state index is 14.8. The Kier molecular flexibility index (Phi) is 9.03. The van der Waals surface area contributed by atoms with Crippen LogP contribution in [-0.2, 0) is 22.5 Å². The van der Waals surface area contributed by atoms with Crippen LogP contribution in [0.25, 0.3) is 0 Å². The highest BCUT2D eigenvalue weighted by Crippen LogP contribution is 2.45. The molecule has 34 heavy (non-hydrogen) atoms. The number of hydrogen-bond donors (Lipinski definition) is 2. The first-order valence-electron chi connectivity index (χ1n) is 11.1. The Hall–Kier alpha value is -2.07. The topological polar surface area (TPSA) is 54.3 Å². The molecule has 0 unspecified atom stereocenters. The minimum atomic E-state index is -4.73. The lowest BCUT2D eigenvalue weighted by Gasteiger charge is -2.45. The van der Waals surface area contributed by atoms with Gasteiger partial charge < -0.3 is 19.5 Å². The van der Waals surface area contributed by atoms with Crippen molar-refractivity contribution in [3.05, 3.63) is 71.8 Å². The van der Waals surface area contributed by atoms with Crippen molar-refractivity contribution in [3.63, 3.8) is 0 Å². The molecule has 1 heterocycles. The number of nitrogens with zero attached hydrogens (tertiary/aromatic N) is 2. The zero-order valence-corrected chi connectivity index (χ0v) is 20.2. The Labute approximate surface area is 204 Å². The number of alkyl halides is 3. The third-order valence-electron chi connectivity index (χ3n) is 6.02. The third kappa shape index (κ3) is 6.53. The van der Waals surface area contributed by atoms with Gasteiger partial charge >= 0.3 is 6.18 Å². The molecule has 1 N–H and O–H groups in total. The number of benzene rings is 2. The standard InChI is InChI=1S/C25H31F3N2O3S/c1-30(2)23(34)29-20-17-32-22(15-21(20)31)24(25(26,27)28,14-13-18-9-5-3-6-10-18)33-16-19-11-7-4-8-12-19/h3-12,20-22,31H,13-17H2,1-2H3,(H,29,34)/t20-,21-,22-,24+/m0/s1. The van der Waals surface area contributed by atoms with E-state index < -0.39 is 30.0 Å². The molecule has 0 amide bonds. The number of aryl methyl sites for hydroxylation is 1. The molecule has 1 aliphatic heterocycles. The highest BCUT2D eigenvalue weighted by Gasteiger charge is 2.62. The lowest BCUT2D eigenvalue weighted by molar-refractivity contribution is -0.326. The minimum absolute atomic E-state index is 0.147. The summed E-state index contributed by atoms with van der Waals surface area (Å²) < 4.78 is 55.8. The van der Waals surface area contributed by atoms with E-state index in [1.54, 1.807) is 73.6 Å². The van der Waals surface area contributed by atoms with Gasteiger partial charge in [0, 0.05) is 20.5 Å². The fourth-order valence-electron chi connectivity index (χ4n) is 3.98. The number of hydrogen-bond acceptors (Lipinski definition) is 4. The summed E-state index contributed by atoms with van der Waals surface area (Å²) in [6, 6.07) is 17.0. The van der Waals surface area contributed by atoms with Gasteiger partial charge in [0.15, 0.2) is 10.8 Å². The summed E-state index contributed by atoms with van der Waals surface area (Å²) in [6.45, 7) is -0.393. The lowest BCUT2D eigenvalue weighted by Crippen LogP contribution is -2.61. The molecule has 0 bridgehead atoms. The van der Waals surface area contributed by atoms with Crippen LogP contribution >= 0.6 is 12.6 Å². The summed E-state index contributed by atoms with van der Waals surface area (Å²) in [6.07, 6.45) is -7.69. The molecule has 1 saturated heterocycles. The number of aliphatic imine (C=N–C) groups is 1. The fourth-order valence-corrected chi connectivity index (χ4v) is 4.12. The summed E-state index contributed by atoms with van der Waals surface area (Å²) >= 11 is 4.25. The molecule has 0 spiro atoms. The van der Waals surface area contributed by atoms with Gasteiger partial charge in [0.2, 0.25) is 0 Å². The van der Waals surface area contributed by atoms with Crippen molar-refractivity contribution >= 4 is 17.8 Å². The first-order valence-corrected chi connectivity index (χ1v) is 11.6. The summed E-state index contributed by atoms with van der Waals surface area (Å²) in [5.74, 6) is 0. The predicted molar refractivity (Wildman–Crippen MR) is 129 cm³/mol. The van der Waals surface area contributed by atoms with Crippen LogP contribution in [0.15, 0.2) is 65.7 Å². The molecule has 1 aliphatic rings. The maximum absolute atomic E-state index is 14.8. The van der Waals surface area contributed by atoms with Crippen molar-refractivity contribution in [1.29, 1.82) is 0 Å². The maximum Gasteiger partial charge on any atom is 0.420 e. The molecule has 4 atom stereocenters. The Morgan fingerprint density at radius 2 is 1.68 bits per heavy atom. The van der Waals surface area contributed by atoms with E-state index in [0.29, 0.717) is 10.7 Å². The fraction of sp³-hybridized carbons (Fsp3) is 0.480. The Morgan fingerprint density at radius 1 is 1.09 bits per heavy atom. The second-order valence-electron chi connectivity index (χ2n) is 8.66. The van der Waals surface area contributed by atoms with Crippen LogP contribution in [0.1, 0.15) is 24.0 Å². The van der Waals surface area contributed by atoms with Crippen LogP contribution in [0.2, 0.25) is 0 Å². The molecule has 9 heteroatoms. The van der Waals surface area contributed by atoms with Crippen LogP contribution in [0, 0.1) is 0 Å². The van der Waals surface area contributed by atoms with E-state index in [0.717, 1.165) is 5.56 Å². The van der Waals surface area contributed by atoms with Crippen LogP contribution in [-0.4, -0.2) is 65.9 Å². The number of amidine groups is 1. The van der Waals surface area contributed by atoms with Crippen LogP contribution in [0.5, 0.6) is 0 Å². The zero-order chi connectivity index (χ0) is 24.8. The van der Waals surface area contributed by atoms with E-state index in [4.69, 9.17) is 9.47 Å². The first kappa shape index (κ1) is 26.5. The molecule has 2 aromatic rings. The number of thiol groups is 1. The third-order valence-corrected chi connectivity index (χ3v) is 6.53. The Morgan fingerprint density at radius 3 is 2.21 bits per heavy atom. The molecular weight excluding hydrogens is 465 g/mol. The van der Waals surface area contributed by atoms with Crippen molar-refractivity contribution in [3.8, 4) is 0 Å². The molecule has 186 valence electrons. The van der Waals surface area contributed by atoms with Crippen molar-refractivity contribution < 1.29 is 27.8 Å². The number of ether oxygens (including phenoxy) is 2. The molecule has 3 rings (SSSR count). The van der Waals surface area contributed by atoms with E-state index in [-0.39, 0.29) is 32.5 Å². The quantitative estimate of drug-likeness (QED) is 0.321. The van der Waals surface area contributed by atoms with Gasteiger partial charge in [-0.1, -0.05) is 60.7 Å². The highest BCUT2D eigenvalue weighted by molar-refractivity contribution is 7.96. The van der Waals surface area contributed by atoms with E-state index >= 15 is 0 Å². The molecular formula is C25H31F3N2O3S. The van der Waals surface area contributed by atoms with Gasteiger partial charge in [-0.15, -0.1) is 12.6 Å². The lowest BCUT2D eigenvalue weighted by atomic mass is 9.83. The van der Waals surface area contributed by atoms with Crippen LogP contribution in [0.4, 0.5) is 13.2 Å². The van der Waals surface area contributed by atoms with Crippen LogP contribution < -0.4 is 0 Å². The molecule has 5 nitrogen and oxygen atoms in total. The highest BCUT2D eigenvalue weighted by atomic mass is 32.1. The largest absolute Gasteiger partial charge is 0.420 e. The van der Waals surface area contributed by atoms with Gasteiger partial charge in [0.05, 0.1) is 25.4 Å². The molecule has 0 saturated carbocycles. The first-order chi connectivity index (χ1) is 16.1. The average molecular weight is 497 g/mol. The number of rotatable bonds is 8. The summed E-state index contributed by atoms with van der Waals surface area (Å²) in [7, 11) is 3.47. The number of aliphatic hydroxyl groups excluding tert-OH is 1. The minimum Gasteiger partial charge on any atom is -0.391 e. The van der Waals surface area contributed by atoms with Gasteiger partial charge in [0.25, 0.3) is 0 Å². The Bertz CT molecular complexity index is 883. The van der Waals surface area contributed by atoms with Gasteiger partial charge in [-0.05, 0) is 24.0 Å². The second-order valence-corrected chi connectivity index (χ2v) is 9.06. The molecule has 2 aromatic carbocycles. The van der Waals surface area contributed by atoms with Crippen molar-refractivity contribution in [2.24, 2.45) is 4.99 Å². The van der Waals surface area contributed by atoms with Gasteiger partial charge in [-0.3, -0.25) is 4.99 Å². The Balaban J connectivity index is 1.88. The molecule has 0 radical (unpaired) electrons. The van der Waals surface area contributed by atoms with Crippen LogP contribution in [0.3, 0.4) is 0 Å². The SMILES string of the molecule is CN(C)/C(S)=N/[C@H]1CO[C@H]([C@@](CCc2ccccc2)(OCc2ccccc2)C(F)(F)F)C[C@@H]1O. The zero-order valence-electron chi connectivity index (χ0n) is 19.3. The molecule has 0 aromatic heterocycles. The van der Waals surface area contributed by atoms with Crippen molar-refractivity contribution in [1.82, 2.24) is 4.90 Å². The summed E-state index contributed by atoms with van der Waals surface area (Å²) in [4.78, 5) is 5.94. The number of halogens is 3.